The molecule has 0 saturated heterocycles. The lowest BCUT2D eigenvalue weighted by molar-refractivity contribution is 0.102. The van der Waals surface area contributed by atoms with E-state index in [0.717, 1.165) is 0 Å². The summed E-state index contributed by atoms with van der Waals surface area (Å²) in [6.07, 6.45) is 1.33. The SMILES string of the molecule is Cn1ncnc1NC(=O)c1cc(Br)ccc1O. The molecule has 0 unspecified atom stereocenters. The molecule has 0 fully saturated rings. The average Bonchev–Trinajstić information content (AvgIpc) is 2.68. The van der Waals surface area contributed by atoms with Gasteiger partial charge in [0.1, 0.15) is 12.1 Å². The largest absolute Gasteiger partial charge is 0.507 e. The number of halogens is 1. The van der Waals surface area contributed by atoms with Crippen molar-refractivity contribution in [1.29, 1.82) is 0 Å². The summed E-state index contributed by atoms with van der Waals surface area (Å²) in [4.78, 5) is 15.7. The number of carbonyl (C=O) groups is 1. The number of aromatic nitrogens is 3. The summed E-state index contributed by atoms with van der Waals surface area (Å²) in [7, 11) is 1.66. The van der Waals surface area contributed by atoms with Gasteiger partial charge in [0.2, 0.25) is 5.95 Å². The Morgan fingerprint density at radius 1 is 1.53 bits per heavy atom. The minimum atomic E-state index is -0.445. The Morgan fingerprint density at radius 3 is 2.94 bits per heavy atom. The van der Waals surface area contributed by atoms with E-state index in [-0.39, 0.29) is 11.3 Å². The lowest BCUT2D eigenvalue weighted by atomic mass is 10.2. The summed E-state index contributed by atoms with van der Waals surface area (Å²) < 4.78 is 2.13. The summed E-state index contributed by atoms with van der Waals surface area (Å²) in [5.74, 6) is -0.220. The fourth-order valence-corrected chi connectivity index (χ4v) is 1.63. The zero-order valence-electron chi connectivity index (χ0n) is 8.88. The van der Waals surface area contributed by atoms with Crippen LogP contribution >= 0.6 is 15.9 Å². The zero-order chi connectivity index (χ0) is 12.4. The van der Waals surface area contributed by atoms with Gasteiger partial charge in [-0.25, -0.2) is 4.68 Å². The molecule has 0 atom stereocenters. The molecule has 17 heavy (non-hydrogen) atoms. The molecule has 2 rings (SSSR count). The van der Waals surface area contributed by atoms with Gasteiger partial charge in [-0.3, -0.25) is 10.1 Å². The van der Waals surface area contributed by atoms with Crippen molar-refractivity contribution in [3.8, 4) is 5.75 Å². The quantitative estimate of drug-likeness (QED) is 0.881. The lowest BCUT2D eigenvalue weighted by Gasteiger charge is -2.06. The van der Waals surface area contributed by atoms with Crippen molar-refractivity contribution in [2.24, 2.45) is 7.05 Å². The molecule has 2 N–H and O–H groups in total. The van der Waals surface area contributed by atoms with Crippen LogP contribution in [0.5, 0.6) is 5.75 Å². The van der Waals surface area contributed by atoms with Crippen molar-refractivity contribution in [2.75, 3.05) is 5.32 Å². The Bertz CT molecular complexity index is 567. The number of carbonyl (C=O) groups excluding carboxylic acids is 1. The van der Waals surface area contributed by atoms with Crippen LogP contribution in [0.1, 0.15) is 10.4 Å². The first-order chi connectivity index (χ1) is 8.08. The van der Waals surface area contributed by atoms with Crippen LogP contribution in [-0.4, -0.2) is 25.8 Å². The summed E-state index contributed by atoms with van der Waals surface area (Å²) >= 11 is 3.23. The fraction of sp³-hybridized carbons (Fsp3) is 0.100. The topological polar surface area (TPSA) is 80.0 Å². The van der Waals surface area contributed by atoms with E-state index in [9.17, 15) is 9.90 Å². The molecule has 6 nitrogen and oxygen atoms in total. The van der Waals surface area contributed by atoms with Crippen LogP contribution in [-0.2, 0) is 7.05 Å². The molecule has 2 aromatic rings. The van der Waals surface area contributed by atoms with Crippen molar-refractivity contribution in [3.05, 3.63) is 34.6 Å². The van der Waals surface area contributed by atoms with Crippen molar-refractivity contribution >= 4 is 27.8 Å². The molecule has 1 amide bonds. The van der Waals surface area contributed by atoms with E-state index in [0.29, 0.717) is 10.4 Å². The third-order valence-corrected chi connectivity index (χ3v) is 2.63. The zero-order valence-corrected chi connectivity index (χ0v) is 10.5. The lowest BCUT2D eigenvalue weighted by Crippen LogP contribution is -2.15. The highest BCUT2D eigenvalue weighted by atomic mass is 79.9. The van der Waals surface area contributed by atoms with E-state index >= 15 is 0 Å². The van der Waals surface area contributed by atoms with E-state index in [1.54, 1.807) is 13.1 Å². The Hall–Kier alpha value is -1.89. The molecule has 0 bridgehead atoms. The number of aryl methyl sites for hydroxylation is 1. The van der Waals surface area contributed by atoms with Gasteiger partial charge in [-0.05, 0) is 18.2 Å². The molecule has 1 aromatic carbocycles. The number of anilines is 1. The van der Waals surface area contributed by atoms with Crippen LogP contribution in [0, 0.1) is 0 Å². The monoisotopic (exact) mass is 296 g/mol. The molecule has 1 aromatic heterocycles. The highest BCUT2D eigenvalue weighted by Crippen LogP contribution is 2.22. The van der Waals surface area contributed by atoms with Crippen LogP contribution < -0.4 is 5.32 Å². The molecule has 1 heterocycles. The van der Waals surface area contributed by atoms with Gasteiger partial charge in [0.15, 0.2) is 0 Å². The summed E-state index contributed by atoms with van der Waals surface area (Å²) in [5, 5.41) is 15.9. The Labute approximate surface area is 105 Å². The first kappa shape index (κ1) is 11.6. The number of rotatable bonds is 2. The van der Waals surface area contributed by atoms with Crippen molar-refractivity contribution in [3.63, 3.8) is 0 Å². The van der Waals surface area contributed by atoms with E-state index < -0.39 is 5.91 Å². The van der Waals surface area contributed by atoms with Gasteiger partial charge >= 0.3 is 0 Å². The molecule has 88 valence electrons. The van der Waals surface area contributed by atoms with Gasteiger partial charge in [0.25, 0.3) is 5.91 Å². The van der Waals surface area contributed by atoms with Crippen LogP contribution in [0.25, 0.3) is 0 Å². The van der Waals surface area contributed by atoms with Crippen LogP contribution in [0.3, 0.4) is 0 Å². The van der Waals surface area contributed by atoms with Gasteiger partial charge < -0.3 is 5.11 Å². The molecule has 7 heteroatoms. The molecule has 0 radical (unpaired) electrons. The predicted octanol–water partition coefficient (Wildman–Crippen LogP) is 1.54. The molecular weight excluding hydrogens is 288 g/mol. The van der Waals surface area contributed by atoms with Crippen LogP contribution in [0.15, 0.2) is 29.0 Å². The van der Waals surface area contributed by atoms with Crippen molar-refractivity contribution in [1.82, 2.24) is 14.8 Å². The molecule has 0 spiro atoms. The molecule has 0 aliphatic carbocycles. The van der Waals surface area contributed by atoms with Gasteiger partial charge in [-0.15, -0.1) is 0 Å². The van der Waals surface area contributed by atoms with Gasteiger partial charge in [-0.2, -0.15) is 10.1 Å². The second-order valence-corrected chi connectivity index (χ2v) is 4.24. The van der Waals surface area contributed by atoms with Gasteiger partial charge in [0, 0.05) is 11.5 Å². The Kier molecular flexibility index (Phi) is 3.10. The number of phenols is 1. The summed E-state index contributed by atoms with van der Waals surface area (Å²) in [6, 6.07) is 4.62. The number of amides is 1. The Balaban J connectivity index is 2.26. The molecule has 0 aliphatic rings. The number of phenolic OH excluding ortho intramolecular Hbond substituents is 1. The summed E-state index contributed by atoms with van der Waals surface area (Å²) in [6.45, 7) is 0. The third kappa shape index (κ3) is 2.44. The van der Waals surface area contributed by atoms with Gasteiger partial charge in [0.05, 0.1) is 5.56 Å². The maximum atomic E-state index is 11.9. The predicted molar refractivity (Wildman–Crippen MR) is 64.8 cm³/mol. The first-order valence-corrected chi connectivity index (χ1v) is 5.51. The average molecular weight is 297 g/mol. The second-order valence-electron chi connectivity index (χ2n) is 3.32. The highest BCUT2D eigenvalue weighted by Gasteiger charge is 2.13. The number of nitrogens with one attached hydrogen (secondary N) is 1. The van der Waals surface area contributed by atoms with E-state index in [2.05, 4.69) is 31.3 Å². The standard InChI is InChI=1S/C10H9BrN4O2/c1-15-10(12-5-13-15)14-9(17)7-4-6(11)2-3-8(7)16/h2-5,16H,1H3,(H,12,13,14,17). The first-order valence-electron chi connectivity index (χ1n) is 4.72. The number of aromatic hydroxyl groups is 1. The normalized spacial score (nSPS) is 10.2. The van der Waals surface area contributed by atoms with E-state index in [4.69, 9.17) is 0 Å². The number of benzene rings is 1. The highest BCUT2D eigenvalue weighted by molar-refractivity contribution is 9.10. The van der Waals surface area contributed by atoms with Crippen LogP contribution in [0.2, 0.25) is 0 Å². The summed E-state index contributed by atoms with van der Waals surface area (Å²) in [5.41, 5.74) is 0.169. The van der Waals surface area contributed by atoms with E-state index in [1.165, 1.54) is 23.1 Å². The van der Waals surface area contributed by atoms with E-state index in [1.807, 2.05) is 0 Å². The minimum Gasteiger partial charge on any atom is -0.507 e. The van der Waals surface area contributed by atoms with Crippen molar-refractivity contribution in [2.45, 2.75) is 0 Å². The maximum Gasteiger partial charge on any atom is 0.261 e. The smallest absolute Gasteiger partial charge is 0.261 e. The molecular formula is C10H9BrN4O2. The number of hydrogen-bond acceptors (Lipinski definition) is 4. The van der Waals surface area contributed by atoms with Crippen LogP contribution in [0.4, 0.5) is 5.95 Å². The third-order valence-electron chi connectivity index (χ3n) is 2.14. The Morgan fingerprint density at radius 2 is 2.29 bits per heavy atom. The minimum absolute atomic E-state index is 0.0899. The second kappa shape index (κ2) is 4.54. The molecule has 0 aliphatic heterocycles. The molecule has 0 saturated carbocycles. The van der Waals surface area contributed by atoms with Gasteiger partial charge in [-0.1, -0.05) is 15.9 Å². The number of hydrogen-bond donors (Lipinski definition) is 2. The van der Waals surface area contributed by atoms with Crippen molar-refractivity contribution < 1.29 is 9.90 Å². The maximum absolute atomic E-state index is 11.9. The fourth-order valence-electron chi connectivity index (χ4n) is 1.27. The number of nitrogens with zero attached hydrogens (tertiary/aromatic N) is 3.